The van der Waals surface area contributed by atoms with E-state index in [0.717, 1.165) is 15.9 Å². The van der Waals surface area contributed by atoms with Gasteiger partial charge >= 0.3 is 0 Å². The molecular weight excluding hydrogens is 460 g/mol. The molecule has 1 heteroatoms. The predicted octanol–water partition coefficient (Wildman–Crippen LogP) is 9.57. The highest BCUT2D eigenvalue weighted by atomic mass is 28.2. The Labute approximate surface area is 224 Å². The lowest BCUT2D eigenvalue weighted by Gasteiger charge is -2.18. The van der Waals surface area contributed by atoms with Crippen LogP contribution in [0.15, 0.2) is 95.3 Å². The Morgan fingerprint density at radius 1 is 0.676 bits per heavy atom. The molecule has 2 aliphatic rings. The van der Waals surface area contributed by atoms with E-state index in [9.17, 15) is 0 Å². The number of aryl methyl sites for hydroxylation is 2. The van der Waals surface area contributed by atoms with Gasteiger partial charge in [-0.1, -0.05) is 127 Å². The van der Waals surface area contributed by atoms with Crippen molar-refractivity contribution in [3.8, 4) is 22.3 Å². The Bertz CT molecular complexity index is 1530. The summed E-state index contributed by atoms with van der Waals surface area (Å²) in [6, 6.07) is 31.5. The monoisotopic (exact) mass is 494 g/mol. The van der Waals surface area contributed by atoms with Gasteiger partial charge in [-0.3, -0.25) is 0 Å². The summed E-state index contributed by atoms with van der Waals surface area (Å²) < 4.78 is 0. The largest absolute Gasteiger partial charge is 0.111 e. The molecule has 1 atom stereocenters. The SMILES string of the molecule is CCCCC1C([Si]C2=Cc3c(cccc3-c3ccccc3C)C2)=Cc2c(-c3ccccc3C)cccc21. The molecule has 0 aromatic heterocycles. The molecule has 0 nitrogen and oxygen atoms in total. The third kappa shape index (κ3) is 4.47. The highest BCUT2D eigenvalue weighted by molar-refractivity contribution is 6.57. The first-order chi connectivity index (χ1) is 18.1. The molecule has 0 aliphatic heterocycles. The van der Waals surface area contributed by atoms with Gasteiger partial charge in [0.2, 0.25) is 0 Å². The molecule has 0 spiro atoms. The maximum Gasteiger partial charge on any atom is 0.111 e. The molecule has 4 aromatic rings. The van der Waals surface area contributed by atoms with E-state index in [4.69, 9.17) is 0 Å². The lowest BCUT2D eigenvalue weighted by molar-refractivity contribution is 0.663. The number of hydrogen-bond donors (Lipinski definition) is 0. The van der Waals surface area contributed by atoms with Gasteiger partial charge in [0.15, 0.2) is 0 Å². The zero-order valence-electron chi connectivity index (χ0n) is 22.1. The van der Waals surface area contributed by atoms with Crippen LogP contribution in [0.25, 0.3) is 34.4 Å². The van der Waals surface area contributed by atoms with Crippen LogP contribution in [-0.4, -0.2) is 9.52 Å². The standard InChI is InChI=1S/C36H34Si/c1-4-5-15-33-32-20-11-19-31(29-17-9-7-13-25(29)3)35(32)23-36(33)37-27-21-26-14-10-18-30(34(26)22-27)28-16-8-6-12-24(28)2/h6-14,16-20,22-23,33H,4-5,15,21H2,1-3H3. The summed E-state index contributed by atoms with van der Waals surface area (Å²) in [7, 11) is 0.749. The van der Waals surface area contributed by atoms with Crippen LogP contribution in [0, 0.1) is 13.8 Å². The summed E-state index contributed by atoms with van der Waals surface area (Å²) in [5.41, 5.74) is 14.1. The molecule has 2 radical (unpaired) electrons. The van der Waals surface area contributed by atoms with Crippen molar-refractivity contribution in [2.75, 3.05) is 0 Å². The molecule has 1 unspecified atom stereocenters. The van der Waals surface area contributed by atoms with Crippen molar-refractivity contribution >= 4 is 21.7 Å². The van der Waals surface area contributed by atoms with E-state index in [1.54, 1.807) is 10.4 Å². The van der Waals surface area contributed by atoms with E-state index in [0.29, 0.717) is 5.92 Å². The van der Waals surface area contributed by atoms with Crippen LogP contribution < -0.4 is 0 Å². The molecule has 0 N–H and O–H groups in total. The van der Waals surface area contributed by atoms with Gasteiger partial charge in [-0.05, 0) is 82.3 Å². The molecule has 0 bridgehead atoms. The Morgan fingerprint density at radius 3 is 1.97 bits per heavy atom. The van der Waals surface area contributed by atoms with Crippen LogP contribution in [0.5, 0.6) is 0 Å². The number of benzene rings is 4. The Balaban J connectivity index is 1.37. The molecule has 0 saturated heterocycles. The van der Waals surface area contributed by atoms with Crippen molar-refractivity contribution < 1.29 is 0 Å². The third-order valence-electron chi connectivity index (χ3n) is 8.11. The van der Waals surface area contributed by atoms with E-state index < -0.39 is 0 Å². The van der Waals surface area contributed by atoms with Crippen LogP contribution in [0.3, 0.4) is 0 Å². The Morgan fingerprint density at radius 2 is 1.30 bits per heavy atom. The first-order valence-corrected chi connectivity index (χ1v) is 14.7. The fraction of sp³-hybridized carbons (Fsp3) is 0.222. The summed E-state index contributed by atoms with van der Waals surface area (Å²) >= 11 is 0. The van der Waals surface area contributed by atoms with Crippen LogP contribution in [0.1, 0.15) is 65.5 Å². The normalized spacial score (nSPS) is 15.8. The number of fused-ring (bicyclic) bond motifs is 2. The van der Waals surface area contributed by atoms with Gasteiger partial charge < -0.3 is 0 Å². The summed E-state index contributed by atoms with van der Waals surface area (Å²) in [6.45, 7) is 6.77. The lowest BCUT2D eigenvalue weighted by atomic mass is 9.90. The molecular formula is C36H34Si. The molecule has 4 aromatic carbocycles. The van der Waals surface area contributed by atoms with Crippen LogP contribution in [0.2, 0.25) is 0 Å². The molecule has 2 aliphatic carbocycles. The maximum absolute atomic E-state index is 2.56. The van der Waals surface area contributed by atoms with E-state index in [-0.39, 0.29) is 0 Å². The average molecular weight is 495 g/mol. The van der Waals surface area contributed by atoms with Crippen molar-refractivity contribution in [1.82, 2.24) is 0 Å². The van der Waals surface area contributed by atoms with E-state index in [2.05, 4.69) is 118 Å². The second kappa shape index (κ2) is 10.1. The van der Waals surface area contributed by atoms with Crippen molar-refractivity contribution in [3.63, 3.8) is 0 Å². The van der Waals surface area contributed by atoms with Gasteiger partial charge in [-0.15, -0.1) is 0 Å². The summed E-state index contributed by atoms with van der Waals surface area (Å²) in [5.74, 6) is 0.540. The van der Waals surface area contributed by atoms with Crippen molar-refractivity contribution in [1.29, 1.82) is 0 Å². The van der Waals surface area contributed by atoms with Crippen LogP contribution in [-0.2, 0) is 6.42 Å². The van der Waals surface area contributed by atoms with Gasteiger partial charge in [-0.2, -0.15) is 0 Å². The molecule has 0 fully saturated rings. The molecule has 37 heavy (non-hydrogen) atoms. The second-order valence-electron chi connectivity index (χ2n) is 10.6. The van der Waals surface area contributed by atoms with Crippen molar-refractivity contribution in [2.24, 2.45) is 0 Å². The molecule has 0 amide bonds. The molecule has 0 heterocycles. The zero-order valence-corrected chi connectivity index (χ0v) is 23.1. The summed E-state index contributed by atoms with van der Waals surface area (Å²) in [6.07, 6.45) is 9.91. The van der Waals surface area contributed by atoms with Crippen LogP contribution in [0.4, 0.5) is 0 Å². The topological polar surface area (TPSA) is 0 Å². The van der Waals surface area contributed by atoms with Crippen molar-refractivity contribution in [3.05, 3.63) is 129 Å². The summed E-state index contributed by atoms with van der Waals surface area (Å²) in [5, 5.41) is 3.20. The quantitative estimate of drug-likeness (QED) is 0.224. The van der Waals surface area contributed by atoms with Gasteiger partial charge in [0.05, 0.1) is 0 Å². The van der Waals surface area contributed by atoms with Gasteiger partial charge in [0.1, 0.15) is 9.52 Å². The van der Waals surface area contributed by atoms with E-state index in [1.165, 1.54) is 74.9 Å². The smallest absolute Gasteiger partial charge is 0.0748 e. The van der Waals surface area contributed by atoms with Gasteiger partial charge in [0, 0.05) is 5.92 Å². The Hall–Kier alpha value is -3.42. The van der Waals surface area contributed by atoms with E-state index in [1.807, 2.05) is 0 Å². The minimum absolute atomic E-state index is 0.540. The maximum atomic E-state index is 2.56. The molecule has 0 saturated carbocycles. The van der Waals surface area contributed by atoms with E-state index >= 15 is 0 Å². The minimum atomic E-state index is 0.540. The number of rotatable bonds is 7. The molecule has 182 valence electrons. The van der Waals surface area contributed by atoms with Crippen LogP contribution >= 0.6 is 0 Å². The second-order valence-corrected chi connectivity index (χ2v) is 12.1. The third-order valence-corrected chi connectivity index (χ3v) is 9.53. The minimum Gasteiger partial charge on any atom is -0.0748 e. The fourth-order valence-corrected chi connectivity index (χ4v) is 7.72. The average Bonchev–Trinajstić information content (AvgIpc) is 3.48. The number of hydrogen-bond acceptors (Lipinski definition) is 0. The van der Waals surface area contributed by atoms with Crippen molar-refractivity contribution in [2.45, 2.75) is 52.4 Å². The number of allylic oxidation sites excluding steroid dienone is 2. The Kier molecular flexibility index (Phi) is 6.57. The number of unbranched alkanes of at least 4 members (excludes halogenated alkanes) is 1. The first-order valence-electron chi connectivity index (χ1n) is 13.7. The lowest BCUT2D eigenvalue weighted by Crippen LogP contribution is -2.08. The van der Waals surface area contributed by atoms with Gasteiger partial charge in [-0.25, -0.2) is 0 Å². The van der Waals surface area contributed by atoms with Gasteiger partial charge in [0.25, 0.3) is 0 Å². The first kappa shape index (κ1) is 23.9. The highest BCUT2D eigenvalue weighted by Gasteiger charge is 2.29. The fourth-order valence-electron chi connectivity index (χ4n) is 6.17. The highest BCUT2D eigenvalue weighted by Crippen LogP contribution is 2.45. The predicted molar refractivity (Wildman–Crippen MR) is 161 cm³/mol. The zero-order chi connectivity index (χ0) is 25.4. The molecule has 6 rings (SSSR count). The summed E-state index contributed by atoms with van der Waals surface area (Å²) in [4.78, 5) is 0.